The van der Waals surface area contributed by atoms with E-state index in [1.54, 1.807) is 57.2 Å². The number of ketones is 1. The zero-order chi connectivity index (χ0) is 23.9. The number of hydrogen-bond acceptors (Lipinski definition) is 8. The number of aromatic nitrogens is 1. The fraction of sp³-hybridized carbons (Fsp3) is 0.250. The van der Waals surface area contributed by atoms with Gasteiger partial charge in [0.15, 0.2) is 5.13 Å². The van der Waals surface area contributed by atoms with Crippen LogP contribution in [0, 0.1) is 20.8 Å². The maximum absolute atomic E-state index is 13.2. The first-order valence-corrected chi connectivity index (χ1v) is 11.1. The molecule has 8 nitrogen and oxygen atoms in total. The number of esters is 1. The van der Waals surface area contributed by atoms with Crippen molar-refractivity contribution in [2.45, 2.75) is 33.7 Å². The number of aryl methyl sites for hydroxylation is 3. The molecule has 1 saturated heterocycles. The van der Waals surface area contributed by atoms with Crippen LogP contribution in [0.1, 0.15) is 51.0 Å². The molecule has 9 heteroatoms. The zero-order valence-corrected chi connectivity index (χ0v) is 19.4. The van der Waals surface area contributed by atoms with Gasteiger partial charge in [0.2, 0.25) is 0 Å². The molecular weight excluding hydrogens is 444 g/mol. The maximum atomic E-state index is 13.2. The van der Waals surface area contributed by atoms with Gasteiger partial charge in [-0.25, -0.2) is 9.78 Å². The molecule has 3 aromatic rings. The van der Waals surface area contributed by atoms with Crippen LogP contribution in [0.3, 0.4) is 0 Å². The van der Waals surface area contributed by atoms with Crippen LogP contribution in [-0.4, -0.2) is 34.4 Å². The number of carbonyl (C=O) groups excluding carboxylic acids is 3. The summed E-state index contributed by atoms with van der Waals surface area (Å²) < 4.78 is 10.8. The summed E-state index contributed by atoms with van der Waals surface area (Å²) in [4.78, 5) is 44.3. The Morgan fingerprint density at radius 2 is 1.85 bits per heavy atom. The average Bonchev–Trinajstić information content (AvgIpc) is 3.44. The minimum Gasteiger partial charge on any atom is -0.507 e. The number of thiazole rings is 1. The van der Waals surface area contributed by atoms with Crippen LogP contribution in [-0.2, 0) is 14.3 Å². The van der Waals surface area contributed by atoms with Crippen molar-refractivity contribution in [3.05, 3.63) is 75.2 Å². The Balaban J connectivity index is 1.89. The molecule has 1 unspecified atom stereocenters. The van der Waals surface area contributed by atoms with Gasteiger partial charge in [0.1, 0.15) is 28.2 Å². The molecule has 0 bridgehead atoms. The fourth-order valence-corrected chi connectivity index (χ4v) is 4.62. The first-order chi connectivity index (χ1) is 15.7. The Morgan fingerprint density at radius 1 is 1.15 bits per heavy atom. The van der Waals surface area contributed by atoms with Gasteiger partial charge in [-0.2, -0.15) is 0 Å². The fourth-order valence-electron chi connectivity index (χ4n) is 3.64. The van der Waals surface area contributed by atoms with Crippen molar-refractivity contribution in [3.8, 4) is 0 Å². The van der Waals surface area contributed by atoms with Gasteiger partial charge < -0.3 is 14.3 Å². The largest absolute Gasteiger partial charge is 0.507 e. The summed E-state index contributed by atoms with van der Waals surface area (Å²) in [6, 6.07) is 9.26. The molecule has 1 aliphatic heterocycles. The number of hydrogen-bond donors (Lipinski definition) is 1. The third-order valence-corrected chi connectivity index (χ3v) is 6.39. The van der Waals surface area contributed by atoms with Crippen LogP contribution in [0.4, 0.5) is 5.13 Å². The first kappa shape index (κ1) is 22.5. The molecule has 1 amide bonds. The van der Waals surface area contributed by atoms with Crippen LogP contribution in [0.5, 0.6) is 0 Å². The van der Waals surface area contributed by atoms with E-state index in [0.29, 0.717) is 22.8 Å². The van der Waals surface area contributed by atoms with Crippen molar-refractivity contribution >= 4 is 39.9 Å². The van der Waals surface area contributed by atoms with E-state index in [4.69, 9.17) is 9.15 Å². The number of anilines is 1. The number of amides is 1. The predicted octanol–water partition coefficient (Wildman–Crippen LogP) is 4.46. The predicted molar refractivity (Wildman–Crippen MR) is 122 cm³/mol. The highest BCUT2D eigenvalue weighted by Crippen LogP contribution is 2.44. The van der Waals surface area contributed by atoms with E-state index in [9.17, 15) is 19.5 Å². The van der Waals surface area contributed by atoms with Gasteiger partial charge in [-0.05, 0) is 39.8 Å². The van der Waals surface area contributed by atoms with Crippen LogP contribution in [0.15, 0.2) is 46.4 Å². The highest BCUT2D eigenvalue weighted by molar-refractivity contribution is 7.17. The molecule has 3 heterocycles. The highest BCUT2D eigenvalue weighted by Gasteiger charge is 2.49. The smallest absolute Gasteiger partial charge is 0.350 e. The van der Waals surface area contributed by atoms with Crippen molar-refractivity contribution in [1.29, 1.82) is 0 Å². The number of ether oxygens (including phenoxy) is 1. The maximum Gasteiger partial charge on any atom is 0.350 e. The molecular formula is C24H22N2O6S. The molecule has 2 aromatic heterocycles. The van der Waals surface area contributed by atoms with Gasteiger partial charge in [-0.15, -0.1) is 0 Å². The molecule has 1 fully saturated rings. The van der Waals surface area contributed by atoms with E-state index in [2.05, 4.69) is 4.98 Å². The molecule has 1 aromatic carbocycles. The quantitative estimate of drug-likeness (QED) is 0.256. The summed E-state index contributed by atoms with van der Waals surface area (Å²) in [5, 5.41) is 11.2. The van der Waals surface area contributed by atoms with Crippen LogP contribution >= 0.6 is 11.3 Å². The van der Waals surface area contributed by atoms with Gasteiger partial charge in [-0.3, -0.25) is 14.5 Å². The van der Waals surface area contributed by atoms with E-state index in [0.717, 1.165) is 16.9 Å². The van der Waals surface area contributed by atoms with Crippen molar-refractivity contribution < 1.29 is 28.6 Å². The van der Waals surface area contributed by atoms with Crippen LogP contribution in [0.25, 0.3) is 5.76 Å². The van der Waals surface area contributed by atoms with Crippen molar-refractivity contribution in [2.75, 3.05) is 11.5 Å². The van der Waals surface area contributed by atoms with Crippen LogP contribution < -0.4 is 4.90 Å². The second-order valence-corrected chi connectivity index (χ2v) is 8.59. The van der Waals surface area contributed by atoms with E-state index in [-0.39, 0.29) is 27.9 Å². The van der Waals surface area contributed by atoms with E-state index >= 15 is 0 Å². The van der Waals surface area contributed by atoms with Gasteiger partial charge in [0.05, 0.1) is 17.9 Å². The summed E-state index contributed by atoms with van der Waals surface area (Å²) in [6.07, 6.45) is 0. The molecule has 1 aliphatic rings. The van der Waals surface area contributed by atoms with Crippen LogP contribution in [0.2, 0.25) is 0 Å². The third kappa shape index (κ3) is 3.95. The topological polar surface area (TPSA) is 110 Å². The minimum atomic E-state index is -1.04. The van der Waals surface area contributed by atoms with Gasteiger partial charge >= 0.3 is 11.9 Å². The number of aliphatic hydroxyl groups is 1. The lowest BCUT2D eigenvalue weighted by atomic mass is 9.99. The second-order valence-electron chi connectivity index (χ2n) is 7.61. The Morgan fingerprint density at radius 3 is 2.45 bits per heavy atom. The number of aliphatic hydroxyl groups excluding tert-OH is 1. The summed E-state index contributed by atoms with van der Waals surface area (Å²) in [5.74, 6) is -1.72. The molecule has 33 heavy (non-hydrogen) atoms. The van der Waals surface area contributed by atoms with Crippen molar-refractivity contribution in [3.63, 3.8) is 0 Å². The summed E-state index contributed by atoms with van der Waals surface area (Å²) in [6.45, 7) is 7.15. The lowest BCUT2D eigenvalue weighted by Crippen LogP contribution is -2.29. The molecule has 0 radical (unpaired) electrons. The Kier molecular flexibility index (Phi) is 5.90. The zero-order valence-electron chi connectivity index (χ0n) is 18.5. The Hall–Kier alpha value is -3.72. The summed E-state index contributed by atoms with van der Waals surface area (Å²) in [7, 11) is 0. The number of benzene rings is 1. The van der Waals surface area contributed by atoms with Gasteiger partial charge in [0.25, 0.3) is 5.78 Å². The molecule has 4 rings (SSSR count). The monoisotopic (exact) mass is 466 g/mol. The number of Topliss-reactive ketones (excluding diaryl/α,β-unsaturated/α-hetero) is 1. The molecule has 0 spiro atoms. The van der Waals surface area contributed by atoms with Crippen molar-refractivity contribution in [1.82, 2.24) is 4.98 Å². The molecule has 0 aliphatic carbocycles. The SMILES string of the molecule is CCOC(=O)c1sc(N2C(=O)C(=O)/C(=C(\O)c3ccc(C)cc3)C2c2ccc(C)o2)nc1C. The molecule has 0 saturated carbocycles. The Labute approximate surface area is 194 Å². The van der Waals surface area contributed by atoms with E-state index in [1.807, 2.05) is 6.92 Å². The van der Waals surface area contributed by atoms with Gasteiger partial charge in [0, 0.05) is 5.56 Å². The second kappa shape index (κ2) is 8.67. The van der Waals surface area contributed by atoms with Gasteiger partial charge in [-0.1, -0.05) is 41.2 Å². The number of nitrogens with zero attached hydrogens (tertiary/aromatic N) is 2. The highest BCUT2D eigenvalue weighted by atomic mass is 32.1. The van der Waals surface area contributed by atoms with E-state index < -0.39 is 23.7 Å². The average molecular weight is 467 g/mol. The number of furan rings is 1. The standard InChI is InChI=1S/C24H22N2O6S/c1-5-31-23(30)21-14(4)25-24(33-21)26-18(16-11-8-13(3)32-16)17(20(28)22(26)29)19(27)15-9-6-12(2)7-10-15/h6-11,18,27H,5H2,1-4H3/b19-17-. The first-order valence-electron chi connectivity index (χ1n) is 10.3. The molecule has 170 valence electrons. The Bertz CT molecular complexity index is 1280. The molecule has 1 N–H and O–H groups in total. The summed E-state index contributed by atoms with van der Waals surface area (Å²) in [5.41, 5.74) is 1.65. The normalized spacial score (nSPS) is 17.6. The number of carbonyl (C=O) groups is 3. The third-order valence-electron chi connectivity index (χ3n) is 5.25. The number of rotatable bonds is 5. The lowest BCUT2D eigenvalue weighted by molar-refractivity contribution is -0.132. The molecule has 1 atom stereocenters. The van der Waals surface area contributed by atoms with Crippen molar-refractivity contribution in [2.24, 2.45) is 0 Å². The summed E-state index contributed by atoms with van der Waals surface area (Å²) >= 11 is 0.949. The lowest BCUT2D eigenvalue weighted by Gasteiger charge is -2.20. The minimum absolute atomic E-state index is 0.108. The van der Waals surface area contributed by atoms with E-state index in [1.165, 1.54) is 4.90 Å².